The molecule has 0 radical (unpaired) electrons. The first-order valence-electron chi connectivity index (χ1n) is 14.2. The van der Waals surface area contributed by atoms with Crippen LogP contribution < -0.4 is 26.6 Å². The van der Waals surface area contributed by atoms with E-state index in [1.54, 1.807) is 6.07 Å². The standard InChI is InChI=1S/C31H39F2N7O3/c1-31(2,3)43-30(42)35-9-4-10-39-11-13-40(14-12-39)25-7-5-24(6-8-25)38-28-18-27(26(20-37-28)29(34)41)36-19-21-15-22(32)17-23(33)16-21/h5-8,15-18,20H,4,9-14,19H2,1-3H3,(H2,34,41)(H,35,42)(H2,36,37,38). The Hall–Kier alpha value is -4.45. The monoisotopic (exact) mass is 595 g/mol. The number of ether oxygens (including phenoxy) is 1. The van der Waals surface area contributed by atoms with Gasteiger partial charge in [-0.25, -0.2) is 18.6 Å². The van der Waals surface area contributed by atoms with Crippen molar-refractivity contribution in [3.05, 3.63) is 77.5 Å². The van der Waals surface area contributed by atoms with Crippen molar-refractivity contribution < 1.29 is 23.1 Å². The van der Waals surface area contributed by atoms with E-state index in [1.807, 2.05) is 45.0 Å². The van der Waals surface area contributed by atoms with Crippen LogP contribution in [0, 0.1) is 11.6 Å². The van der Waals surface area contributed by atoms with Gasteiger partial charge in [-0.2, -0.15) is 0 Å². The summed E-state index contributed by atoms with van der Waals surface area (Å²) in [5.41, 5.74) is 7.85. The Morgan fingerprint density at radius 3 is 2.30 bits per heavy atom. The molecule has 230 valence electrons. The van der Waals surface area contributed by atoms with E-state index >= 15 is 0 Å². The zero-order chi connectivity index (χ0) is 31.0. The minimum absolute atomic E-state index is 0.0867. The number of nitrogens with zero attached hydrogens (tertiary/aromatic N) is 3. The predicted molar refractivity (Wildman–Crippen MR) is 164 cm³/mol. The highest BCUT2D eigenvalue weighted by atomic mass is 19.1. The van der Waals surface area contributed by atoms with Gasteiger partial charge in [0.15, 0.2) is 0 Å². The van der Waals surface area contributed by atoms with Crippen molar-refractivity contribution in [1.82, 2.24) is 15.2 Å². The molecule has 2 amide bonds. The molecule has 4 rings (SSSR count). The van der Waals surface area contributed by atoms with Crippen LogP contribution in [0.4, 0.5) is 36.5 Å². The fraction of sp³-hybridized carbons (Fsp3) is 0.387. The smallest absolute Gasteiger partial charge is 0.407 e. The number of amides is 2. The normalized spacial score (nSPS) is 13.8. The Balaban J connectivity index is 1.27. The molecule has 0 bridgehead atoms. The van der Waals surface area contributed by atoms with Crippen molar-refractivity contribution in [2.45, 2.75) is 39.3 Å². The number of carbonyl (C=O) groups excluding carboxylic acids is 2. The Morgan fingerprint density at radius 2 is 1.67 bits per heavy atom. The van der Waals surface area contributed by atoms with Gasteiger partial charge < -0.3 is 31.3 Å². The van der Waals surface area contributed by atoms with Gasteiger partial charge in [0.05, 0.1) is 11.3 Å². The van der Waals surface area contributed by atoms with Gasteiger partial charge in [-0.3, -0.25) is 9.69 Å². The van der Waals surface area contributed by atoms with E-state index in [1.165, 1.54) is 18.3 Å². The molecule has 0 spiro atoms. The molecule has 0 saturated carbocycles. The molecule has 1 aliphatic heterocycles. The van der Waals surface area contributed by atoms with Gasteiger partial charge in [-0.1, -0.05) is 0 Å². The lowest BCUT2D eigenvalue weighted by Crippen LogP contribution is -2.47. The third-order valence-corrected chi connectivity index (χ3v) is 6.77. The number of nitrogens with two attached hydrogens (primary N) is 1. The van der Waals surface area contributed by atoms with Crippen LogP contribution in [0.1, 0.15) is 43.1 Å². The van der Waals surface area contributed by atoms with E-state index in [-0.39, 0.29) is 18.2 Å². The maximum absolute atomic E-state index is 13.6. The molecule has 3 aromatic rings. The number of hydrogen-bond acceptors (Lipinski definition) is 8. The Kier molecular flexibility index (Phi) is 10.4. The number of pyridine rings is 1. The van der Waals surface area contributed by atoms with Gasteiger partial charge in [0.1, 0.15) is 23.1 Å². The highest BCUT2D eigenvalue weighted by Crippen LogP contribution is 2.25. The number of rotatable bonds is 11. The van der Waals surface area contributed by atoms with Gasteiger partial charge >= 0.3 is 6.09 Å². The van der Waals surface area contributed by atoms with Crippen LogP contribution >= 0.6 is 0 Å². The number of hydrogen-bond donors (Lipinski definition) is 4. The summed E-state index contributed by atoms with van der Waals surface area (Å²) in [6, 6.07) is 12.9. The van der Waals surface area contributed by atoms with E-state index in [2.05, 4.69) is 30.7 Å². The molecule has 12 heteroatoms. The maximum Gasteiger partial charge on any atom is 0.407 e. The van der Waals surface area contributed by atoms with E-state index < -0.39 is 23.1 Å². The van der Waals surface area contributed by atoms with Crippen molar-refractivity contribution in [3.8, 4) is 0 Å². The molecule has 0 unspecified atom stereocenters. The second-order valence-electron chi connectivity index (χ2n) is 11.4. The fourth-order valence-corrected chi connectivity index (χ4v) is 4.72. The molecule has 43 heavy (non-hydrogen) atoms. The number of nitrogens with one attached hydrogen (secondary N) is 3. The van der Waals surface area contributed by atoms with E-state index in [0.717, 1.165) is 56.6 Å². The summed E-state index contributed by atoms with van der Waals surface area (Å²) in [5, 5.41) is 9.06. The SMILES string of the molecule is CC(C)(C)OC(=O)NCCCN1CCN(c2ccc(Nc3cc(NCc4cc(F)cc(F)c4)c(C(N)=O)cn3)cc2)CC1. The minimum atomic E-state index is -0.681. The largest absolute Gasteiger partial charge is 0.444 e. The lowest BCUT2D eigenvalue weighted by Gasteiger charge is -2.36. The number of halogens is 2. The molecule has 1 saturated heterocycles. The Morgan fingerprint density at radius 1 is 1.00 bits per heavy atom. The van der Waals surface area contributed by atoms with Gasteiger partial charge in [0.2, 0.25) is 0 Å². The number of carbonyl (C=O) groups is 2. The Bertz CT molecular complexity index is 1390. The van der Waals surface area contributed by atoms with Gasteiger partial charge in [-0.05, 0) is 75.7 Å². The molecule has 0 atom stereocenters. The number of piperazine rings is 1. The molecule has 2 heterocycles. The van der Waals surface area contributed by atoms with Crippen molar-refractivity contribution in [2.24, 2.45) is 5.73 Å². The van der Waals surface area contributed by atoms with Crippen LogP contribution in [-0.2, 0) is 11.3 Å². The van der Waals surface area contributed by atoms with Crippen LogP contribution in [0.5, 0.6) is 0 Å². The second-order valence-corrected chi connectivity index (χ2v) is 11.4. The van der Waals surface area contributed by atoms with Crippen molar-refractivity contribution in [3.63, 3.8) is 0 Å². The number of alkyl carbamates (subject to hydrolysis) is 1. The van der Waals surface area contributed by atoms with Crippen molar-refractivity contribution >= 4 is 34.9 Å². The van der Waals surface area contributed by atoms with Crippen LogP contribution in [-0.4, -0.2) is 66.8 Å². The average Bonchev–Trinajstić information content (AvgIpc) is 2.93. The molecule has 1 aliphatic rings. The molecule has 1 fully saturated rings. The quantitative estimate of drug-likeness (QED) is 0.232. The average molecular weight is 596 g/mol. The van der Waals surface area contributed by atoms with E-state index in [9.17, 15) is 18.4 Å². The van der Waals surface area contributed by atoms with Crippen LogP contribution in [0.25, 0.3) is 0 Å². The number of primary amides is 1. The highest BCUT2D eigenvalue weighted by molar-refractivity contribution is 5.98. The van der Waals surface area contributed by atoms with Gasteiger partial charge in [-0.15, -0.1) is 0 Å². The summed E-state index contributed by atoms with van der Waals surface area (Å²) in [4.78, 5) is 32.7. The summed E-state index contributed by atoms with van der Waals surface area (Å²) >= 11 is 0. The first-order chi connectivity index (χ1) is 20.4. The Labute approximate surface area is 250 Å². The molecular weight excluding hydrogens is 556 g/mol. The van der Waals surface area contributed by atoms with Crippen LogP contribution in [0.15, 0.2) is 54.7 Å². The van der Waals surface area contributed by atoms with Crippen molar-refractivity contribution in [2.75, 3.05) is 54.8 Å². The summed E-state index contributed by atoms with van der Waals surface area (Å²) in [7, 11) is 0. The minimum Gasteiger partial charge on any atom is -0.444 e. The summed E-state index contributed by atoms with van der Waals surface area (Å²) < 4.78 is 32.4. The summed E-state index contributed by atoms with van der Waals surface area (Å²) in [6.07, 6.45) is 1.83. The predicted octanol–water partition coefficient (Wildman–Crippen LogP) is 4.85. The molecule has 1 aromatic heterocycles. The topological polar surface area (TPSA) is 125 Å². The van der Waals surface area contributed by atoms with E-state index in [0.29, 0.717) is 23.6 Å². The number of aromatic nitrogens is 1. The number of benzene rings is 2. The first-order valence-corrected chi connectivity index (χ1v) is 14.2. The van der Waals surface area contributed by atoms with Gasteiger partial charge in [0, 0.05) is 69.0 Å². The van der Waals surface area contributed by atoms with Crippen LogP contribution in [0.2, 0.25) is 0 Å². The lowest BCUT2D eigenvalue weighted by molar-refractivity contribution is 0.0525. The molecular formula is C31H39F2N7O3. The molecule has 10 nitrogen and oxygen atoms in total. The van der Waals surface area contributed by atoms with Crippen molar-refractivity contribution in [1.29, 1.82) is 0 Å². The fourth-order valence-electron chi connectivity index (χ4n) is 4.72. The van der Waals surface area contributed by atoms with Crippen LogP contribution in [0.3, 0.4) is 0 Å². The maximum atomic E-state index is 13.6. The zero-order valence-corrected chi connectivity index (χ0v) is 24.8. The number of anilines is 4. The molecule has 5 N–H and O–H groups in total. The third-order valence-electron chi connectivity index (χ3n) is 6.77. The highest BCUT2D eigenvalue weighted by Gasteiger charge is 2.18. The third kappa shape index (κ3) is 9.81. The second kappa shape index (κ2) is 14.1. The molecule has 2 aromatic carbocycles. The summed E-state index contributed by atoms with van der Waals surface area (Å²) in [6.45, 7) is 10.8. The zero-order valence-electron chi connectivity index (χ0n) is 24.8. The lowest BCUT2D eigenvalue weighted by atomic mass is 10.1. The summed E-state index contributed by atoms with van der Waals surface area (Å²) in [5.74, 6) is -1.56. The first kappa shape index (κ1) is 31.5. The van der Waals surface area contributed by atoms with E-state index in [4.69, 9.17) is 10.5 Å². The van der Waals surface area contributed by atoms with Gasteiger partial charge in [0.25, 0.3) is 5.91 Å². The molecule has 0 aliphatic carbocycles.